The number of hydrogen-bond acceptors (Lipinski definition) is 3. The summed E-state index contributed by atoms with van der Waals surface area (Å²) in [6.07, 6.45) is 0.511. The predicted molar refractivity (Wildman–Crippen MR) is 63.1 cm³/mol. The molecule has 0 saturated carbocycles. The number of fused-ring (bicyclic) bond motifs is 1. The number of ether oxygens (including phenoxy) is 1. The summed E-state index contributed by atoms with van der Waals surface area (Å²) in [5.74, 6) is 1.89. The third-order valence-electron chi connectivity index (χ3n) is 3.13. The van der Waals surface area contributed by atoms with Crippen LogP contribution in [-0.2, 0) is 4.79 Å². The van der Waals surface area contributed by atoms with Gasteiger partial charge in [0.15, 0.2) is 0 Å². The van der Waals surface area contributed by atoms with Gasteiger partial charge in [0.25, 0.3) is 0 Å². The van der Waals surface area contributed by atoms with Crippen LogP contribution in [0.2, 0.25) is 0 Å². The molecule has 2 aromatic rings. The standard InChI is InChI=1S/C13H13NO3/c1-16-10-3-2-8-4-11(17-12(8)6-10)9-5-13(15)14-7-9/h2-4,6,9H,5,7H2,1H3,(H,14,15). The molecule has 1 N–H and O–H groups in total. The molecule has 0 bridgehead atoms. The predicted octanol–water partition coefficient (Wildman–Crippen LogP) is 2.04. The van der Waals surface area contributed by atoms with Crippen LogP contribution in [0.25, 0.3) is 11.0 Å². The fraction of sp³-hybridized carbons (Fsp3) is 0.308. The summed E-state index contributed by atoms with van der Waals surface area (Å²) < 4.78 is 10.9. The number of amides is 1. The van der Waals surface area contributed by atoms with Crippen LogP contribution in [0.1, 0.15) is 18.1 Å². The van der Waals surface area contributed by atoms with Crippen LogP contribution in [0.5, 0.6) is 5.75 Å². The maximum absolute atomic E-state index is 11.2. The van der Waals surface area contributed by atoms with E-state index >= 15 is 0 Å². The highest BCUT2D eigenvalue weighted by molar-refractivity contribution is 5.82. The number of hydrogen-bond donors (Lipinski definition) is 1. The minimum absolute atomic E-state index is 0.0908. The molecule has 1 atom stereocenters. The molecule has 1 aliphatic rings. The molecule has 0 spiro atoms. The first-order valence-electron chi connectivity index (χ1n) is 5.60. The van der Waals surface area contributed by atoms with Crippen LogP contribution in [0, 0.1) is 0 Å². The largest absolute Gasteiger partial charge is 0.497 e. The molecular formula is C13H13NO3. The second-order valence-electron chi connectivity index (χ2n) is 4.26. The normalized spacial score (nSPS) is 19.6. The first-order valence-corrected chi connectivity index (χ1v) is 5.60. The van der Waals surface area contributed by atoms with E-state index in [0.717, 1.165) is 22.5 Å². The highest BCUT2D eigenvalue weighted by atomic mass is 16.5. The quantitative estimate of drug-likeness (QED) is 0.860. The molecule has 1 amide bonds. The van der Waals surface area contributed by atoms with Gasteiger partial charge >= 0.3 is 0 Å². The van der Waals surface area contributed by atoms with Crippen LogP contribution in [0.4, 0.5) is 0 Å². The second-order valence-corrected chi connectivity index (χ2v) is 4.26. The van der Waals surface area contributed by atoms with Crippen LogP contribution < -0.4 is 10.1 Å². The number of methoxy groups -OCH3 is 1. The number of rotatable bonds is 2. The Morgan fingerprint density at radius 1 is 1.41 bits per heavy atom. The molecule has 2 heterocycles. The SMILES string of the molecule is COc1ccc2cc(C3CNC(=O)C3)oc2c1. The highest BCUT2D eigenvalue weighted by Crippen LogP contribution is 2.30. The van der Waals surface area contributed by atoms with E-state index in [2.05, 4.69) is 5.32 Å². The lowest BCUT2D eigenvalue weighted by Crippen LogP contribution is -2.13. The number of benzene rings is 1. The van der Waals surface area contributed by atoms with E-state index in [1.807, 2.05) is 24.3 Å². The number of nitrogens with one attached hydrogen (secondary N) is 1. The minimum atomic E-state index is 0.0908. The van der Waals surface area contributed by atoms with Gasteiger partial charge < -0.3 is 14.5 Å². The molecule has 1 unspecified atom stereocenters. The Morgan fingerprint density at radius 3 is 3.00 bits per heavy atom. The molecule has 1 saturated heterocycles. The van der Waals surface area contributed by atoms with Gasteiger partial charge in [-0.25, -0.2) is 0 Å². The van der Waals surface area contributed by atoms with E-state index < -0.39 is 0 Å². The lowest BCUT2D eigenvalue weighted by molar-refractivity contribution is -0.119. The van der Waals surface area contributed by atoms with Crippen LogP contribution in [-0.4, -0.2) is 19.6 Å². The summed E-state index contributed by atoms with van der Waals surface area (Å²) in [4.78, 5) is 11.2. The van der Waals surface area contributed by atoms with Crippen molar-refractivity contribution in [1.82, 2.24) is 5.32 Å². The summed E-state index contributed by atoms with van der Waals surface area (Å²) in [5.41, 5.74) is 0.804. The van der Waals surface area contributed by atoms with Crippen LogP contribution in [0.3, 0.4) is 0 Å². The van der Waals surface area contributed by atoms with E-state index in [0.29, 0.717) is 13.0 Å². The fourth-order valence-corrected chi connectivity index (χ4v) is 2.17. The summed E-state index contributed by atoms with van der Waals surface area (Å²) >= 11 is 0. The van der Waals surface area contributed by atoms with Gasteiger partial charge in [0, 0.05) is 30.3 Å². The molecular weight excluding hydrogens is 218 g/mol. The molecule has 88 valence electrons. The van der Waals surface area contributed by atoms with E-state index in [1.165, 1.54) is 0 Å². The summed E-state index contributed by atoms with van der Waals surface area (Å²) in [6.45, 7) is 0.662. The zero-order valence-electron chi connectivity index (χ0n) is 9.53. The third kappa shape index (κ3) is 1.75. The van der Waals surface area contributed by atoms with Crippen molar-refractivity contribution in [2.45, 2.75) is 12.3 Å². The van der Waals surface area contributed by atoms with Gasteiger partial charge in [0.05, 0.1) is 7.11 Å². The maximum atomic E-state index is 11.2. The lowest BCUT2D eigenvalue weighted by Gasteiger charge is -2.00. The van der Waals surface area contributed by atoms with Gasteiger partial charge in [0.1, 0.15) is 17.1 Å². The number of furan rings is 1. The second kappa shape index (κ2) is 3.80. The molecule has 1 aromatic carbocycles. The highest BCUT2D eigenvalue weighted by Gasteiger charge is 2.25. The van der Waals surface area contributed by atoms with Crippen molar-refractivity contribution < 1.29 is 13.9 Å². The van der Waals surface area contributed by atoms with Crippen molar-refractivity contribution in [1.29, 1.82) is 0 Å². The average molecular weight is 231 g/mol. The van der Waals surface area contributed by atoms with Gasteiger partial charge in [-0.1, -0.05) is 0 Å². The lowest BCUT2D eigenvalue weighted by atomic mass is 10.1. The molecule has 3 rings (SSSR count). The zero-order valence-corrected chi connectivity index (χ0v) is 9.53. The fourth-order valence-electron chi connectivity index (χ4n) is 2.17. The average Bonchev–Trinajstić information content (AvgIpc) is 2.93. The molecule has 1 aliphatic heterocycles. The maximum Gasteiger partial charge on any atom is 0.220 e. The Morgan fingerprint density at radius 2 is 2.29 bits per heavy atom. The summed E-state index contributed by atoms with van der Waals surface area (Å²) in [7, 11) is 1.63. The summed E-state index contributed by atoms with van der Waals surface area (Å²) in [5, 5.41) is 3.85. The van der Waals surface area contributed by atoms with Crippen LogP contribution in [0.15, 0.2) is 28.7 Å². The van der Waals surface area contributed by atoms with Gasteiger partial charge in [-0.2, -0.15) is 0 Å². The number of carbonyl (C=O) groups is 1. The van der Waals surface area contributed by atoms with Gasteiger partial charge in [0.2, 0.25) is 5.91 Å². The Hall–Kier alpha value is -1.97. The monoisotopic (exact) mass is 231 g/mol. The van der Waals surface area contributed by atoms with Crippen molar-refractivity contribution in [3.63, 3.8) is 0 Å². The van der Waals surface area contributed by atoms with Gasteiger partial charge in [-0.05, 0) is 18.2 Å². The molecule has 1 aromatic heterocycles. The Bertz CT molecular complexity index is 573. The van der Waals surface area contributed by atoms with Gasteiger partial charge in [-0.15, -0.1) is 0 Å². The Labute approximate surface area is 98.6 Å². The molecule has 1 fully saturated rings. The summed E-state index contributed by atoms with van der Waals surface area (Å²) in [6, 6.07) is 7.73. The molecule has 17 heavy (non-hydrogen) atoms. The van der Waals surface area contributed by atoms with Crippen molar-refractivity contribution in [3.8, 4) is 5.75 Å². The third-order valence-corrected chi connectivity index (χ3v) is 3.13. The number of carbonyl (C=O) groups excluding carboxylic acids is 1. The molecule has 4 heteroatoms. The van der Waals surface area contributed by atoms with Crippen molar-refractivity contribution >= 4 is 16.9 Å². The van der Waals surface area contributed by atoms with E-state index in [1.54, 1.807) is 7.11 Å². The van der Waals surface area contributed by atoms with Crippen molar-refractivity contribution in [2.24, 2.45) is 0 Å². The van der Waals surface area contributed by atoms with E-state index in [-0.39, 0.29) is 11.8 Å². The molecule has 0 aliphatic carbocycles. The topological polar surface area (TPSA) is 51.5 Å². The smallest absolute Gasteiger partial charge is 0.220 e. The zero-order chi connectivity index (χ0) is 11.8. The van der Waals surface area contributed by atoms with E-state index in [4.69, 9.17) is 9.15 Å². The van der Waals surface area contributed by atoms with E-state index in [9.17, 15) is 4.79 Å². The van der Waals surface area contributed by atoms with Crippen LogP contribution >= 0.6 is 0 Å². The molecule has 0 radical (unpaired) electrons. The van der Waals surface area contributed by atoms with Crippen molar-refractivity contribution in [3.05, 3.63) is 30.0 Å². The Kier molecular flexibility index (Phi) is 2.28. The Balaban J connectivity index is 1.98. The van der Waals surface area contributed by atoms with Crippen molar-refractivity contribution in [2.75, 3.05) is 13.7 Å². The minimum Gasteiger partial charge on any atom is -0.497 e. The van der Waals surface area contributed by atoms with Gasteiger partial charge in [-0.3, -0.25) is 4.79 Å². The first-order chi connectivity index (χ1) is 8.26. The first kappa shape index (κ1) is 10.2. The molecule has 4 nitrogen and oxygen atoms in total.